The zero-order chi connectivity index (χ0) is 38.8. The quantitative estimate of drug-likeness (QED) is 0.132. The van der Waals surface area contributed by atoms with Gasteiger partial charge >= 0.3 is 6.03 Å². The van der Waals surface area contributed by atoms with E-state index in [-0.39, 0.29) is 47.3 Å². The zero-order valence-electron chi connectivity index (χ0n) is 32.8. The predicted octanol–water partition coefficient (Wildman–Crippen LogP) is 4.57. The number of Topliss-reactive ketones (excluding diaryl/α,β-unsaturated/α-hetero) is 1. The first kappa shape index (κ1) is 41.2. The summed E-state index contributed by atoms with van der Waals surface area (Å²) in [5.41, 5.74) is -1.13. The highest BCUT2D eigenvalue weighted by Gasteiger charge is 2.70. The molecule has 4 N–H and O–H groups in total. The minimum absolute atomic E-state index is 0.0809. The van der Waals surface area contributed by atoms with Crippen LogP contribution in [0, 0.1) is 29.1 Å². The number of likely N-dealkylation sites (tertiary alicyclic amines) is 1. The summed E-state index contributed by atoms with van der Waals surface area (Å²) in [5, 5.41) is 11.6. The number of piperidine rings is 1. The van der Waals surface area contributed by atoms with Crippen LogP contribution >= 0.6 is 0 Å². The molecule has 0 spiro atoms. The van der Waals surface area contributed by atoms with Crippen LogP contribution in [0.25, 0.3) is 0 Å². The molecule has 0 radical (unpaired) electrons. The van der Waals surface area contributed by atoms with Crippen LogP contribution in [0.4, 0.5) is 4.79 Å². The first-order chi connectivity index (χ1) is 25.0. The van der Waals surface area contributed by atoms with Gasteiger partial charge in [0, 0.05) is 13.1 Å². The third-order valence-electron chi connectivity index (χ3n) is 13.8. The van der Waals surface area contributed by atoms with Gasteiger partial charge in [-0.1, -0.05) is 84.6 Å². The van der Waals surface area contributed by atoms with E-state index in [9.17, 15) is 32.4 Å². The van der Waals surface area contributed by atoms with Crippen molar-refractivity contribution < 1.29 is 32.4 Å². The van der Waals surface area contributed by atoms with Gasteiger partial charge in [-0.2, -0.15) is 0 Å². The second kappa shape index (κ2) is 16.4. The second-order valence-electron chi connectivity index (χ2n) is 18.0. The van der Waals surface area contributed by atoms with Crippen molar-refractivity contribution in [2.45, 2.75) is 159 Å². The van der Waals surface area contributed by atoms with Gasteiger partial charge in [0.2, 0.25) is 17.6 Å². The van der Waals surface area contributed by atoms with Gasteiger partial charge in [0.1, 0.15) is 12.1 Å². The zero-order valence-corrected chi connectivity index (χ0v) is 33.6. The highest BCUT2D eigenvalue weighted by atomic mass is 32.2. The van der Waals surface area contributed by atoms with Crippen LogP contribution in [0.2, 0.25) is 0 Å². The molecule has 5 aliphatic rings. The fraction of sp³-hybridized carbons (Fsp3) is 0.825. The maximum atomic E-state index is 14.8. The largest absolute Gasteiger partial charge is 0.346 e. The average molecular weight is 760 g/mol. The molecule has 12 nitrogen and oxygen atoms in total. The smallest absolute Gasteiger partial charge is 0.315 e. The van der Waals surface area contributed by atoms with Crippen LogP contribution in [-0.2, 0) is 29.0 Å². The Labute approximate surface area is 317 Å². The van der Waals surface area contributed by atoms with Crippen LogP contribution in [0.3, 0.4) is 0 Å². The molecule has 2 unspecified atom stereocenters. The molecule has 1 heterocycles. The Morgan fingerprint density at radius 3 is 2.15 bits per heavy atom. The van der Waals surface area contributed by atoms with Crippen molar-refractivity contribution in [1.29, 1.82) is 0 Å². The number of nitrogens with zero attached hydrogens (tertiary/aromatic N) is 1. The molecule has 0 aromatic carbocycles. The van der Waals surface area contributed by atoms with Crippen molar-refractivity contribution in [3.63, 3.8) is 0 Å². The van der Waals surface area contributed by atoms with E-state index in [0.29, 0.717) is 32.2 Å². The molecule has 5 fully saturated rings. The molecule has 0 aromatic rings. The third-order valence-corrected chi connectivity index (χ3v) is 16.7. The lowest BCUT2D eigenvalue weighted by Gasteiger charge is -2.41. The van der Waals surface area contributed by atoms with Gasteiger partial charge in [-0.25, -0.2) is 13.2 Å². The van der Waals surface area contributed by atoms with Crippen molar-refractivity contribution in [2.24, 2.45) is 29.1 Å². The van der Waals surface area contributed by atoms with E-state index in [2.05, 4.69) is 41.7 Å². The SMILES string of the molecule is C=CCNC(=O)C(=O)C(CC1CCC1)NC(=O)[C@@H]1[C@@H]2C(CN1C(=O)[C@@H](NC(=O)NC1(CS(=O)(=O)C(C)(C)CC)CCCCC1)C1CCCCC1)C2(C)C. The van der Waals surface area contributed by atoms with Crippen LogP contribution in [0.15, 0.2) is 12.7 Å². The summed E-state index contributed by atoms with van der Waals surface area (Å²) in [7, 11) is -3.57. The number of rotatable bonds is 16. The molecular weight excluding hydrogens is 695 g/mol. The van der Waals surface area contributed by atoms with Gasteiger partial charge in [0.15, 0.2) is 9.84 Å². The first-order valence-corrected chi connectivity index (χ1v) is 22.0. The summed E-state index contributed by atoms with van der Waals surface area (Å²) < 4.78 is 26.3. The van der Waals surface area contributed by atoms with Gasteiger partial charge in [-0.3, -0.25) is 19.2 Å². The predicted molar refractivity (Wildman–Crippen MR) is 204 cm³/mol. The molecule has 1 saturated heterocycles. The molecule has 0 aromatic heterocycles. The lowest BCUT2D eigenvalue weighted by Crippen LogP contribution is -2.63. The topological polar surface area (TPSA) is 171 Å². The van der Waals surface area contributed by atoms with E-state index < -0.39 is 61.9 Å². The van der Waals surface area contributed by atoms with Gasteiger partial charge in [-0.05, 0) is 81.5 Å². The van der Waals surface area contributed by atoms with Gasteiger partial charge < -0.3 is 26.2 Å². The van der Waals surface area contributed by atoms with Crippen LogP contribution < -0.4 is 21.3 Å². The lowest BCUT2D eigenvalue weighted by atomic mass is 9.80. The maximum Gasteiger partial charge on any atom is 0.315 e. The van der Waals surface area contributed by atoms with Crippen LogP contribution in [0.5, 0.6) is 0 Å². The second-order valence-corrected chi connectivity index (χ2v) is 20.7. The molecule has 4 saturated carbocycles. The maximum absolute atomic E-state index is 14.8. The lowest BCUT2D eigenvalue weighted by molar-refractivity contribution is -0.145. The van der Waals surface area contributed by atoms with Crippen molar-refractivity contribution in [1.82, 2.24) is 26.2 Å². The molecule has 4 aliphatic carbocycles. The molecule has 1 aliphatic heterocycles. The number of amides is 5. The number of ketones is 1. The van der Waals surface area contributed by atoms with Crippen molar-refractivity contribution >= 4 is 39.4 Å². The normalized spacial score (nSPS) is 26.6. The fourth-order valence-electron chi connectivity index (χ4n) is 9.53. The minimum Gasteiger partial charge on any atom is -0.346 e. The minimum atomic E-state index is -3.57. The Bertz CT molecular complexity index is 1510. The molecule has 298 valence electrons. The van der Waals surface area contributed by atoms with Crippen molar-refractivity contribution in [3.05, 3.63) is 12.7 Å². The molecule has 13 heteroatoms. The Kier molecular flexibility index (Phi) is 12.8. The van der Waals surface area contributed by atoms with E-state index in [0.717, 1.165) is 70.6 Å². The summed E-state index contributed by atoms with van der Waals surface area (Å²) in [6, 6.07) is -3.30. The number of carbonyl (C=O) groups excluding carboxylic acids is 5. The van der Waals surface area contributed by atoms with E-state index in [1.54, 1.807) is 18.7 Å². The highest BCUT2D eigenvalue weighted by Crippen LogP contribution is 2.65. The fourth-order valence-corrected chi connectivity index (χ4v) is 11.5. The standard InChI is InChI=1S/C40H65N5O7S/c1-7-22-41-35(48)33(46)29(23-26-16-15-17-26)42-34(47)32-30-28(39(30,5)6)24-45(32)36(49)31(27-18-11-9-12-19-27)43-37(50)44-40(20-13-10-14-21-40)25-53(51,52)38(3,4)8-2/h7,26-32H,1,8-25H2,2-6H3,(H,41,48)(H,42,47)(H2,43,44,50)/t28?,29?,30-,31-,32-/m0/s1. The summed E-state index contributed by atoms with van der Waals surface area (Å²) >= 11 is 0. The summed E-state index contributed by atoms with van der Waals surface area (Å²) in [6.45, 7) is 13.6. The van der Waals surface area contributed by atoms with Crippen molar-refractivity contribution in [3.8, 4) is 0 Å². The third kappa shape index (κ3) is 8.96. The molecule has 5 atom stereocenters. The molecule has 0 bridgehead atoms. The molecule has 53 heavy (non-hydrogen) atoms. The molecule has 5 amide bonds. The number of hydrogen-bond donors (Lipinski definition) is 4. The average Bonchev–Trinajstić information content (AvgIpc) is 3.40. The van der Waals surface area contributed by atoms with Gasteiger partial charge in [0.25, 0.3) is 5.91 Å². The number of sulfone groups is 1. The molecule has 5 rings (SSSR count). The summed E-state index contributed by atoms with van der Waals surface area (Å²) in [4.78, 5) is 70.9. The number of carbonyl (C=O) groups is 5. The first-order valence-electron chi connectivity index (χ1n) is 20.3. The Balaban J connectivity index is 1.37. The van der Waals surface area contributed by atoms with Crippen LogP contribution in [0.1, 0.15) is 131 Å². The summed E-state index contributed by atoms with van der Waals surface area (Å²) in [6.07, 6.45) is 13.3. The van der Waals surface area contributed by atoms with E-state index in [4.69, 9.17) is 0 Å². The number of urea groups is 1. The Hall–Kier alpha value is -2.96. The Morgan fingerprint density at radius 1 is 0.925 bits per heavy atom. The monoisotopic (exact) mass is 759 g/mol. The van der Waals surface area contributed by atoms with Crippen LogP contribution in [-0.4, -0.2) is 90.1 Å². The van der Waals surface area contributed by atoms with E-state index in [1.807, 2.05) is 6.92 Å². The van der Waals surface area contributed by atoms with Crippen molar-refractivity contribution in [2.75, 3.05) is 18.8 Å². The number of fused-ring (bicyclic) bond motifs is 1. The number of nitrogens with one attached hydrogen (secondary N) is 4. The highest BCUT2D eigenvalue weighted by molar-refractivity contribution is 7.92. The van der Waals surface area contributed by atoms with E-state index in [1.165, 1.54) is 6.08 Å². The van der Waals surface area contributed by atoms with E-state index >= 15 is 0 Å². The van der Waals surface area contributed by atoms with Gasteiger partial charge in [-0.15, -0.1) is 6.58 Å². The number of hydrogen-bond acceptors (Lipinski definition) is 7. The molecular formula is C40H65N5O7S. The Morgan fingerprint density at radius 2 is 1.57 bits per heavy atom. The summed E-state index contributed by atoms with van der Waals surface area (Å²) in [5.74, 6) is -2.34. The van der Waals surface area contributed by atoms with Gasteiger partial charge in [0.05, 0.1) is 22.1 Å².